The van der Waals surface area contributed by atoms with E-state index < -0.39 is 11.7 Å². The summed E-state index contributed by atoms with van der Waals surface area (Å²) < 4.78 is 40.0. The van der Waals surface area contributed by atoms with Gasteiger partial charge in [-0.15, -0.1) is 0 Å². The van der Waals surface area contributed by atoms with Crippen molar-refractivity contribution in [1.29, 1.82) is 0 Å². The lowest BCUT2D eigenvalue weighted by atomic mass is 10.2. The van der Waals surface area contributed by atoms with Crippen molar-refractivity contribution in [2.75, 3.05) is 5.73 Å². The van der Waals surface area contributed by atoms with Crippen molar-refractivity contribution in [2.45, 2.75) is 6.18 Å². The van der Waals surface area contributed by atoms with Gasteiger partial charge in [-0.05, 0) is 30.3 Å². The molecule has 0 atom stereocenters. The van der Waals surface area contributed by atoms with Gasteiger partial charge in [-0.1, -0.05) is 12.1 Å². The molecule has 0 aliphatic rings. The molecule has 0 bridgehead atoms. The van der Waals surface area contributed by atoms with E-state index in [4.69, 9.17) is 5.73 Å². The van der Waals surface area contributed by atoms with E-state index in [-0.39, 0.29) is 0 Å². The lowest BCUT2D eigenvalue weighted by molar-refractivity contribution is -0.137. The average Bonchev–Trinajstić information content (AvgIpc) is 2.75. The molecule has 0 saturated heterocycles. The third kappa shape index (κ3) is 2.22. The van der Waals surface area contributed by atoms with E-state index in [0.717, 1.165) is 12.1 Å². The second-order valence-corrected chi connectivity index (χ2v) is 4.78. The number of benzene rings is 2. The third-order valence-electron chi connectivity index (χ3n) is 3.41. The van der Waals surface area contributed by atoms with Crippen molar-refractivity contribution in [1.82, 2.24) is 9.55 Å². The zero-order valence-electron chi connectivity index (χ0n) is 11.1. The summed E-state index contributed by atoms with van der Waals surface area (Å²) >= 11 is 0. The Bertz CT molecular complexity index is 819. The maximum Gasteiger partial charge on any atom is 0.416 e. The molecule has 21 heavy (non-hydrogen) atoms. The van der Waals surface area contributed by atoms with Crippen molar-refractivity contribution in [2.24, 2.45) is 7.05 Å². The molecule has 2 N–H and O–H groups in total. The highest BCUT2D eigenvalue weighted by molar-refractivity contribution is 5.84. The van der Waals surface area contributed by atoms with Crippen LogP contribution in [0.25, 0.3) is 22.4 Å². The number of hydrogen-bond donors (Lipinski definition) is 1. The number of nitrogens with two attached hydrogens (primary N) is 1. The van der Waals surface area contributed by atoms with Gasteiger partial charge in [0.15, 0.2) is 0 Å². The Labute approximate surface area is 118 Å². The number of halogens is 3. The van der Waals surface area contributed by atoms with Gasteiger partial charge in [0.2, 0.25) is 0 Å². The molecule has 0 spiro atoms. The Morgan fingerprint density at radius 3 is 2.48 bits per heavy atom. The van der Waals surface area contributed by atoms with Gasteiger partial charge in [0, 0.05) is 18.3 Å². The summed E-state index contributed by atoms with van der Waals surface area (Å²) in [6, 6.07) is 10.7. The van der Waals surface area contributed by atoms with Crippen molar-refractivity contribution >= 4 is 16.7 Å². The minimum atomic E-state index is -4.38. The van der Waals surface area contributed by atoms with Crippen LogP contribution < -0.4 is 5.73 Å². The van der Waals surface area contributed by atoms with E-state index >= 15 is 0 Å². The van der Waals surface area contributed by atoms with Crippen LogP contribution in [0.5, 0.6) is 0 Å². The average molecular weight is 291 g/mol. The third-order valence-corrected chi connectivity index (χ3v) is 3.41. The molecular weight excluding hydrogens is 279 g/mol. The smallest absolute Gasteiger partial charge is 0.398 e. The molecule has 0 unspecified atom stereocenters. The first-order valence-electron chi connectivity index (χ1n) is 6.26. The standard InChI is InChI=1S/C15H12F3N3/c1-21-13-7-6-9(15(16,17)18)8-12(13)20-14(21)10-4-2-3-5-11(10)19/h2-8H,19H2,1H3. The van der Waals surface area contributed by atoms with E-state index in [0.29, 0.717) is 28.1 Å². The molecule has 0 fully saturated rings. The van der Waals surface area contributed by atoms with Gasteiger partial charge in [0.1, 0.15) is 5.82 Å². The Balaban J connectivity index is 2.23. The lowest BCUT2D eigenvalue weighted by Crippen LogP contribution is -2.04. The Hall–Kier alpha value is -2.50. The van der Waals surface area contributed by atoms with Gasteiger partial charge in [-0.3, -0.25) is 0 Å². The van der Waals surface area contributed by atoms with Crippen molar-refractivity contribution in [3.8, 4) is 11.4 Å². The van der Waals surface area contributed by atoms with Crippen LogP contribution in [-0.4, -0.2) is 9.55 Å². The van der Waals surface area contributed by atoms with Crippen LogP contribution in [0.2, 0.25) is 0 Å². The second kappa shape index (κ2) is 4.51. The molecule has 108 valence electrons. The molecular formula is C15H12F3N3. The van der Waals surface area contributed by atoms with Gasteiger partial charge < -0.3 is 10.3 Å². The maximum absolute atomic E-state index is 12.8. The maximum atomic E-state index is 12.8. The number of aryl methyl sites for hydroxylation is 1. The highest BCUT2D eigenvalue weighted by Crippen LogP contribution is 2.33. The molecule has 3 aromatic rings. The van der Waals surface area contributed by atoms with Crippen LogP contribution >= 0.6 is 0 Å². The van der Waals surface area contributed by atoms with E-state index in [9.17, 15) is 13.2 Å². The predicted molar refractivity (Wildman–Crippen MR) is 75.6 cm³/mol. The number of aromatic nitrogens is 2. The Morgan fingerprint density at radius 2 is 1.81 bits per heavy atom. The number of anilines is 1. The van der Waals surface area contributed by atoms with E-state index in [1.54, 1.807) is 29.8 Å². The summed E-state index contributed by atoms with van der Waals surface area (Å²) in [5, 5.41) is 0. The van der Waals surface area contributed by atoms with Gasteiger partial charge in [-0.2, -0.15) is 13.2 Å². The fourth-order valence-corrected chi connectivity index (χ4v) is 2.32. The van der Waals surface area contributed by atoms with Gasteiger partial charge >= 0.3 is 6.18 Å². The molecule has 0 aliphatic carbocycles. The summed E-state index contributed by atoms with van der Waals surface area (Å²) in [5.41, 5.74) is 7.36. The zero-order chi connectivity index (χ0) is 15.2. The second-order valence-electron chi connectivity index (χ2n) is 4.78. The first-order chi connectivity index (χ1) is 9.88. The number of rotatable bonds is 1. The number of para-hydroxylation sites is 1. The van der Waals surface area contributed by atoms with Crippen molar-refractivity contribution < 1.29 is 13.2 Å². The number of nitrogen functional groups attached to an aromatic ring is 1. The molecule has 3 nitrogen and oxygen atoms in total. The summed E-state index contributed by atoms with van der Waals surface area (Å²) in [7, 11) is 1.75. The summed E-state index contributed by atoms with van der Waals surface area (Å²) in [6.45, 7) is 0. The molecule has 1 heterocycles. The topological polar surface area (TPSA) is 43.8 Å². The van der Waals surface area contributed by atoms with Crippen LogP contribution in [0, 0.1) is 0 Å². The van der Waals surface area contributed by atoms with Crippen LogP contribution in [0.3, 0.4) is 0 Å². The number of nitrogens with zero attached hydrogens (tertiary/aromatic N) is 2. The molecule has 0 saturated carbocycles. The van der Waals surface area contributed by atoms with Crippen LogP contribution in [0.4, 0.5) is 18.9 Å². The molecule has 0 radical (unpaired) electrons. The Kier molecular flexibility index (Phi) is 2.90. The largest absolute Gasteiger partial charge is 0.416 e. The monoisotopic (exact) mass is 291 g/mol. The van der Waals surface area contributed by atoms with Crippen molar-refractivity contribution in [3.05, 3.63) is 48.0 Å². The first kappa shape index (κ1) is 13.5. The lowest BCUT2D eigenvalue weighted by Gasteiger charge is -2.06. The molecule has 6 heteroatoms. The SMILES string of the molecule is Cn1c(-c2ccccc2N)nc2cc(C(F)(F)F)ccc21. The number of imidazole rings is 1. The molecule has 0 amide bonds. The number of fused-ring (bicyclic) bond motifs is 1. The number of hydrogen-bond acceptors (Lipinski definition) is 2. The van der Waals surface area contributed by atoms with E-state index in [1.165, 1.54) is 6.07 Å². The Morgan fingerprint density at radius 1 is 1.10 bits per heavy atom. The molecule has 2 aromatic carbocycles. The summed E-state index contributed by atoms with van der Waals surface area (Å²) in [6.07, 6.45) is -4.38. The highest BCUT2D eigenvalue weighted by Gasteiger charge is 2.31. The summed E-state index contributed by atoms with van der Waals surface area (Å²) in [5.74, 6) is 0.544. The fourth-order valence-electron chi connectivity index (χ4n) is 2.32. The van der Waals surface area contributed by atoms with E-state index in [2.05, 4.69) is 4.98 Å². The normalized spacial score (nSPS) is 12.0. The van der Waals surface area contributed by atoms with Gasteiger partial charge in [-0.25, -0.2) is 4.98 Å². The molecule has 3 rings (SSSR count). The molecule has 1 aromatic heterocycles. The van der Waals surface area contributed by atoms with Crippen molar-refractivity contribution in [3.63, 3.8) is 0 Å². The first-order valence-corrected chi connectivity index (χ1v) is 6.26. The highest BCUT2D eigenvalue weighted by atomic mass is 19.4. The van der Waals surface area contributed by atoms with Crippen LogP contribution in [0.15, 0.2) is 42.5 Å². The quantitative estimate of drug-likeness (QED) is 0.692. The van der Waals surface area contributed by atoms with Gasteiger partial charge in [0.05, 0.1) is 16.6 Å². The van der Waals surface area contributed by atoms with Gasteiger partial charge in [0.25, 0.3) is 0 Å². The minimum absolute atomic E-state index is 0.297. The molecule has 0 aliphatic heterocycles. The minimum Gasteiger partial charge on any atom is -0.398 e. The number of alkyl halides is 3. The summed E-state index contributed by atoms with van der Waals surface area (Å²) in [4.78, 5) is 4.30. The zero-order valence-corrected chi connectivity index (χ0v) is 11.1. The predicted octanol–water partition coefficient (Wildman–Crippen LogP) is 3.84. The van der Waals surface area contributed by atoms with Crippen LogP contribution in [-0.2, 0) is 13.2 Å². The van der Waals surface area contributed by atoms with Crippen LogP contribution in [0.1, 0.15) is 5.56 Å². The van der Waals surface area contributed by atoms with E-state index in [1.807, 2.05) is 6.07 Å². The fraction of sp³-hybridized carbons (Fsp3) is 0.133.